The summed E-state index contributed by atoms with van der Waals surface area (Å²) in [4.78, 5) is 18.2. The number of nitrogens with one attached hydrogen (secondary N) is 1. The number of anilines is 1. The number of pyridine rings is 1. The molecule has 0 aromatic carbocycles. The third kappa shape index (κ3) is 3.81. The summed E-state index contributed by atoms with van der Waals surface area (Å²) >= 11 is 5.78. The second-order valence-electron chi connectivity index (χ2n) is 4.91. The monoisotopic (exact) mass is 282 g/mol. The van der Waals surface area contributed by atoms with E-state index in [-0.39, 0.29) is 16.9 Å². The van der Waals surface area contributed by atoms with Crippen LogP contribution >= 0.6 is 11.6 Å². The smallest absolute Gasteiger partial charge is 0.251 e. The molecule has 1 aliphatic heterocycles. The second-order valence-corrected chi connectivity index (χ2v) is 5.29. The van der Waals surface area contributed by atoms with Crippen molar-refractivity contribution >= 4 is 23.3 Å². The van der Waals surface area contributed by atoms with Gasteiger partial charge in [-0.05, 0) is 45.0 Å². The van der Waals surface area contributed by atoms with E-state index in [1.165, 1.54) is 25.0 Å². The molecule has 19 heavy (non-hydrogen) atoms. The molecular formula is C13H19ClN4O. The van der Waals surface area contributed by atoms with Crippen molar-refractivity contribution in [2.45, 2.75) is 25.8 Å². The lowest BCUT2D eigenvalue weighted by atomic mass is 10.2. The normalized spacial score (nSPS) is 17.4. The Balaban J connectivity index is 1.89. The molecule has 1 saturated heterocycles. The van der Waals surface area contributed by atoms with Crippen LogP contribution in [-0.4, -0.2) is 41.5 Å². The first-order chi connectivity index (χ1) is 9.06. The zero-order chi connectivity index (χ0) is 13.8. The maximum atomic E-state index is 12.0. The summed E-state index contributed by atoms with van der Waals surface area (Å²) in [7, 11) is 0. The van der Waals surface area contributed by atoms with Gasteiger partial charge in [0.2, 0.25) is 0 Å². The molecule has 5 nitrogen and oxygen atoms in total. The van der Waals surface area contributed by atoms with Crippen LogP contribution in [0.25, 0.3) is 0 Å². The van der Waals surface area contributed by atoms with E-state index in [4.69, 9.17) is 17.3 Å². The van der Waals surface area contributed by atoms with Crippen LogP contribution in [0.3, 0.4) is 0 Å². The van der Waals surface area contributed by atoms with Gasteiger partial charge in [-0.3, -0.25) is 9.69 Å². The predicted molar refractivity (Wildman–Crippen MR) is 76.3 cm³/mol. The Hall–Kier alpha value is -1.33. The largest absolute Gasteiger partial charge is 0.384 e. The minimum absolute atomic E-state index is 0.165. The first kappa shape index (κ1) is 14.1. The van der Waals surface area contributed by atoms with Crippen LogP contribution in [0.4, 0.5) is 5.82 Å². The van der Waals surface area contributed by atoms with E-state index in [1.807, 2.05) is 0 Å². The summed E-state index contributed by atoms with van der Waals surface area (Å²) in [6, 6.07) is 3.40. The number of aromatic nitrogens is 1. The molecule has 1 aliphatic rings. The van der Waals surface area contributed by atoms with Gasteiger partial charge in [-0.15, -0.1) is 0 Å². The Morgan fingerprint density at radius 3 is 2.84 bits per heavy atom. The summed E-state index contributed by atoms with van der Waals surface area (Å²) < 4.78 is 0. The van der Waals surface area contributed by atoms with E-state index in [1.54, 1.807) is 0 Å². The minimum Gasteiger partial charge on any atom is -0.384 e. The zero-order valence-electron chi connectivity index (χ0n) is 11.0. The van der Waals surface area contributed by atoms with Gasteiger partial charge in [-0.2, -0.15) is 0 Å². The van der Waals surface area contributed by atoms with E-state index in [0.717, 1.165) is 13.1 Å². The van der Waals surface area contributed by atoms with Crippen LogP contribution in [0.2, 0.25) is 5.15 Å². The fourth-order valence-corrected chi connectivity index (χ4v) is 2.52. The summed E-state index contributed by atoms with van der Waals surface area (Å²) in [5.74, 6) is 0.0901. The number of carbonyl (C=O) groups excluding carboxylic acids is 1. The van der Waals surface area contributed by atoms with E-state index < -0.39 is 0 Å². The average Bonchev–Trinajstić information content (AvgIpc) is 2.88. The Bertz CT molecular complexity index is 440. The van der Waals surface area contributed by atoms with Crippen molar-refractivity contribution in [1.29, 1.82) is 0 Å². The SMILES string of the molecule is CC(CNC(=O)c1cc(N)nc(Cl)c1)N1CCCC1. The molecule has 0 radical (unpaired) electrons. The molecule has 1 amide bonds. The summed E-state index contributed by atoms with van der Waals surface area (Å²) in [5, 5.41) is 3.14. The highest BCUT2D eigenvalue weighted by Crippen LogP contribution is 2.13. The molecule has 3 N–H and O–H groups in total. The molecule has 1 unspecified atom stereocenters. The van der Waals surface area contributed by atoms with Crippen LogP contribution in [0, 0.1) is 0 Å². The Morgan fingerprint density at radius 2 is 2.21 bits per heavy atom. The summed E-state index contributed by atoms with van der Waals surface area (Å²) in [6.45, 7) is 4.98. The van der Waals surface area contributed by atoms with Crippen LogP contribution < -0.4 is 11.1 Å². The number of amides is 1. The van der Waals surface area contributed by atoms with E-state index in [0.29, 0.717) is 18.2 Å². The van der Waals surface area contributed by atoms with Crippen molar-refractivity contribution in [3.63, 3.8) is 0 Å². The Labute approximate surface area is 118 Å². The summed E-state index contributed by atoms with van der Waals surface area (Å²) in [5.41, 5.74) is 6.02. The van der Waals surface area contributed by atoms with Crippen LogP contribution in [0.5, 0.6) is 0 Å². The molecule has 1 atom stereocenters. The molecule has 0 saturated carbocycles. The van der Waals surface area contributed by atoms with Crippen molar-refractivity contribution in [1.82, 2.24) is 15.2 Å². The Kier molecular flexibility index (Phi) is 4.61. The molecule has 1 fully saturated rings. The van der Waals surface area contributed by atoms with Gasteiger partial charge < -0.3 is 11.1 Å². The molecule has 6 heteroatoms. The van der Waals surface area contributed by atoms with Crippen LogP contribution in [0.1, 0.15) is 30.1 Å². The number of nitrogens with two attached hydrogens (primary N) is 1. The predicted octanol–water partition coefficient (Wildman–Crippen LogP) is 1.53. The van der Waals surface area contributed by atoms with E-state index in [2.05, 4.69) is 22.1 Å². The fraction of sp³-hybridized carbons (Fsp3) is 0.538. The van der Waals surface area contributed by atoms with Crippen LogP contribution in [0.15, 0.2) is 12.1 Å². The van der Waals surface area contributed by atoms with Crippen molar-refractivity contribution in [3.8, 4) is 0 Å². The van der Waals surface area contributed by atoms with Gasteiger partial charge in [0.25, 0.3) is 5.91 Å². The van der Waals surface area contributed by atoms with Crippen molar-refractivity contribution in [2.24, 2.45) is 0 Å². The fourth-order valence-electron chi connectivity index (χ4n) is 2.30. The molecule has 1 aromatic heterocycles. The third-order valence-electron chi connectivity index (χ3n) is 3.40. The number of likely N-dealkylation sites (tertiary alicyclic amines) is 1. The molecule has 0 spiro atoms. The maximum Gasteiger partial charge on any atom is 0.251 e. The number of hydrogen-bond acceptors (Lipinski definition) is 4. The lowest BCUT2D eigenvalue weighted by molar-refractivity contribution is 0.0940. The zero-order valence-corrected chi connectivity index (χ0v) is 11.8. The number of rotatable bonds is 4. The van der Waals surface area contributed by atoms with Crippen molar-refractivity contribution in [3.05, 3.63) is 22.8 Å². The van der Waals surface area contributed by atoms with Gasteiger partial charge in [-0.25, -0.2) is 4.98 Å². The number of nitrogen functional groups attached to an aromatic ring is 1. The number of halogens is 1. The number of hydrogen-bond donors (Lipinski definition) is 2. The highest BCUT2D eigenvalue weighted by molar-refractivity contribution is 6.29. The first-order valence-corrected chi connectivity index (χ1v) is 6.89. The lowest BCUT2D eigenvalue weighted by Gasteiger charge is -2.23. The maximum absolute atomic E-state index is 12.0. The molecule has 2 rings (SSSR count). The molecule has 0 bridgehead atoms. The lowest BCUT2D eigenvalue weighted by Crippen LogP contribution is -2.40. The summed E-state index contributed by atoms with van der Waals surface area (Å²) in [6.07, 6.45) is 2.49. The molecule has 104 valence electrons. The molecule has 1 aromatic rings. The highest BCUT2D eigenvalue weighted by Gasteiger charge is 2.18. The molecule has 0 aliphatic carbocycles. The number of nitrogens with zero attached hydrogens (tertiary/aromatic N) is 2. The third-order valence-corrected chi connectivity index (χ3v) is 3.59. The van der Waals surface area contributed by atoms with Crippen molar-refractivity contribution < 1.29 is 4.79 Å². The van der Waals surface area contributed by atoms with Gasteiger partial charge in [0.05, 0.1) is 0 Å². The van der Waals surface area contributed by atoms with Crippen molar-refractivity contribution in [2.75, 3.05) is 25.4 Å². The van der Waals surface area contributed by atoms with Gasteiger partial charge in [0, 0.05) is 18.2 Å². The minimum atomic E-state index is -0.165. The topological polar surface area (TPSA) is 71.2 Å². The first-order valence-electron chi connectivity index (χ1n) is 6.51. The molecular weight excluding hydrogens is 264 g/mol. The molecule has 2 heterocycles. The number of carbonyl (C=O) groups is 1. The highest BCUT2D eigenvalue weighted by atomic mass is 35.5. The van der Waals surface area contributed by atoms with Gasteiger partial charge in [0.15, 0.2) is 0 Å². The average molecular weight is 283 g/mol. The van der Waals surface area contributed by atoms with Gasteiger partial charge in [0.1, 0.15) is 11.0 Å². The van der Waals surface area contributed by atoms with E-state index >= 15 is 0 Å². The van der Waals surface area contributed by atoms with Crippen LogP contribution in [-0.2, 0) is 0 Å². The van der Waals surface area contributed by atoms with Gasteiger partial charge in [-0.1, -0.05) is 11.6 Å². The van der Waals surface area contributed by atoms with E-state index in [9.17, 15) is 4.79 Å². The second kappa shape index (κ2) is 6.21. The quantitative estimate of drug-likeness (QED) is 0.822. The Morgan fingerprint density at radius 1 is 1.53 bits per heavy atom. The van der Waals surface area contributed by atoms with Gasteiger partial charge >= 0.3 is 0 Å². The standard InChI is InChI=1S/C13H19ClN4O/c1-9(18-4-2-3-5-18)8-16-13(19)10-6-11(14)17-12(15)7-10/h6-7,9H,2-5,8H2,1H3,(H2,15,17)(H,16,19).